The van der Waals surface area contributed by atoms with Gasteiger partial charge in [-0.15, -0.1) is 0 Å². The third-order valence-corrected chi connectivity index (χ3v) is 3.37. The Morgan fingerprint density at radius 1 is 1.47 bits per heavy atom. The lowest BCUT2D eigenvalue weighted by Gasteiger charge is -2.26. The lowest BCUT2D eigenvalue weighted by molar-refractivity contribution is 0.131. The van der Waals surface area contributed by atoms with Crippen LogP contribution >= 0.6 is 15.9 Å². The molecule has 0 saturated heterocycles. The molecule has 5 nitrogen and oxygen atoms in total. The molecule has 0 bridgehead atoms. The maximum Gasteiger partial charge on any atom is 0.320 e. The summed E-state index contributed by atoms with van der Waals surface area (Å²) in [4.78, 5) is 8.27. The summed E-state index contributed by atoms with van der Waals surface area (Å²) in [7, 11) is 1.56. The number of hydrogen-bond acceptors (Lipinski definition) is 5. The van der Waals surface area contributed by atoms with Gasteiger partial charge in [0, 0.05) is 6.04 Å². The Morgan fingerprint density at radius 2 is 2.29 bits per heavy atom. The van der Waals surface area contributed by atoms with Crippen LogP contribution in [0.25, 0.3) is 0 Å². The average molecular weight is 302 g/mol. The van der Waals surface area contributed by atoms with E-state index in [9.17, 15) is 0 Å². The average Bonchev–Trinajstić information content (AvgIpc) is 2.32. The summed E-state index contributed by atoms with van der Waals surface area (Å²) in [5, 5.41) is 0. The van der Waals surface area contributed by atoms with E-state index in [1.807, 2.05) is 0 Å². The van der Waals surface area contributed by atoms with Crippen molar-refractivity contribution in [3.63, 3.8) is 0 Å². The summed E-state index contributed by atoms with van der Waals surface area (Å²) in [6.45, 7) is 0. The Labute approximate surface area is 109 Å². The monoisotopic (exact) mass is 301 g/mol. The molecular formula is C11H16BrN3O2. The second-order valence-electron chi connectivity index (χ2n) is 4.18. The highest BCUT2D eigenvalue weighted by molar-refractivity contribution is 9.10. The van der Waals surface area contributed by atoms with Crippen LogP contribution in [0.15, 0.2) is 10.7 Å². The molecule has 0 amide bonds. The zero-order valence-electron chi connectivity index (χ0n) is 9.73. The molecule has 0 radical (unpaired) electrons. The van der Waals surface area contributed by atoms with E-state index in [0.717, 1.165) is 25.7 Å². The van der Waals surface area contributed by atoms with Gasteiger partial charge in [-0.1, -0.05) is 0 Å². The zero-order chi connectivity index (χ0) is 12.3. The van der Waals surface area contributed by atoms with Crippen molar-refractivity contribution >= 4 is 15.9 Å². The summed E-state index contributed by atoms with van der Waals surface area (Å²) in [6, 6.07) is 0.579. The first kappa shape index (κ1) is 12.6. The van der Waals surface area contributed by atoms with Crippen molar-refractivity contribution in [2.75, 3.05) is 7.11 Å². The minimum Gasteiger partial charge on any atom is -0.480 e. The maximum atomic E-state index is 5.91. The molecule has 0 spiro atoms. The Balaban J connectivity index is 2.02. The van der Waals surface area contributed by atoms with Gasteiger partial charge in [0.05, 0.1) is 17.8 Å². The van der Waals surface area contributed by atoms with E-state index in [4.69, 9.17) is 15.2 Å². The van der Waals surface area contributed by atoms with Gasteiger partial charge in [-0.2, -0.15) is 4.98 Å². The van der Waals surface area contributed by atoms with Crippen LogP contribution in [0.2, 0.25) is 0 Å². The molecule has 0 aromatic carbocycles. The van der Waals surface area contributed by atoms with Crippen molar-refractivity contribution in [1.29, 1.82) is 0 Å². The van der Waals surface area contributed by atoms with E-state index >= 15 is 0 Å². The number of aromatic nitrogens is 2. The summed E-state index contributed by atoms with van der Waals surface area (Å²) in [5.41, 5.74) is 5.91. The molecule has 1 aromatic heterocycles. The van der Waals surface area contributed by atoms with Crippen LogP contribution in [0.1, 0.15) is 25.7 Å². The smallest absolute Gasteiger partial charge is 0.320 e. The van der Waals surface area contributed by atoms with Gasteiger partial charge in [0.25, 0.3) is 0 Å². The standard InChI is InChI=1S/C11H16BrN3O2/c1-16-10-9(12)6-14-11(15-10)17-8-4-2-3-7(13)5-8/h6-8H,2-5,13H2,1H3. The summed E-state index contributed by atoms with van der Waals surface area (Å²) < 4.78 is 11.5. The molecule has 1 aromatic rings. The maximum absolute atomic E-state index is 5.91. The van der Waals surface area contributed by atoms with Crippen LogP contribution in [0.5, 0.6) is 11.9 Å². The van der Waals surface area contributed by atoms with Crippen LogP contribution in [0.4, 0.5) is 0 Å². The highest BCUT2D eigenvalue weighted by Gasteiger charge is 2.21. The van der Waals surface area contributed by atoms with Gasteiger partial charge in [0.1, 0.15) is 6.10 Å². The van der Waals surface area contributed by atoms with Crippen molar-refractivity contribution < 1.29 is 9.47 Å². The molecule has 17 heavy (non-hydrogen) atoms. The number of rotatable bonds is 3. The van der Waals surface area contributed by atoms with Crippen LogP contribution < -0.4 is 15.2 Å². The fourth-order valence-corrected chi connectivity index (χ4v) is 2.33. The van der Waals surface area contributed by atoms with Gasteiger partial charge < -0.3 is 15.2 Å². The van der Waals surface area contributed by atoms with Gasteiger partial charge >= 0.3 is 6.01 Å². The molecule has 1 saturated carbocycles. The second kappa shape index (κ2) is 5.64. The Kier molecular flexibility index (Phi) is 4.17. The van der Waals surface area contributed by atoms with E-state index in [1.165, 1.54) is 0 Å². The molecule has 1 aliphatic rings. The van der Waals surface area contributed by atoms with E-state index in [2.05, 4.69) is 25.9 Å². The quantitative estimate of drug-likeness (QED) is 0.923. The van der Waals surface area contributed by atoms with Gasteiger partial charge in [-0.25, -0.2) is 4.98 Å². The molecule has 2 unspecified atom stereocenters. The lowest BCUT2D eigenvalue weighted by atomic mass is 9.94. The van der Waals surface area contributed by atoms with Gasteiger partial charge in [-0.05, 0) is 41.6 Å². The highest BCUT2D eigenvalue weighted by atomic mass is 79.9. The van der Waals surface area contributed by atoms with Crippen molar-refractivity contribution in [1.82, 2.24) is 9.97 Å². The van der Waals surface area contributed by atoms with Crippen molar-refractivity contribution in [2.24, 2.45) is 5.73 Å². The number of nitrogens with zero attached hydrogens (tertiary/aromatic N) is 2. The fourth-order valence-electron chi connectivity index (χ4n) is 1.97. The topological polar surface area (TPSA) is 70.3 Å². The van der Waals surface area contributed by atoms with Gasteiger partial charge in [0.2, 0.25) is 5.88 Å². The van der Waals surface area contributed by atoms with Gasteiger partial charge in [0.15, 0.2) is 0 Å². The summed E-state index contributed by atoms with van der Waals surface area (Å²) in [6.07, 6.45) is 5.79. The normalized spacial score (nSPS) is 24.4. The van der Waals surface area contributed by atoms with E-state index in [-0.39, 0.29) is 12.1 Å². The molecule has 1 fully saturated rings. The molecule has 6 heteroatoms. The number of ether oxygens (including phenoxy) is 2. The first-order valence-corrected chi connectivity index (χ1v) is 6.47. The second-order valence-corrected chi connectivity index (χ2v) is 5.03. The van der Waals surface area contributed by atoms with Crippen LogP contribution in [0.3, 0.4) is 0 Å². The van der Waals surface area contributed by atoms with E-state index in [1.54, 1.807) is 13.3 Å². The minimum atomic E-state index is 0.115. The van der Waals surface area contributed by atoms with Crippen LogP contribution in [0, 0.1) is 0 Å². The summed E-state index contributed by atoms with van der Waals surface area (Å²) in [5.74, 6) is 0.482. The van der Waals surface area contributed by atoms with Crippen molar-refractivity contribution in [2.45, 2.75) is 37.8 Å². The Bertz CT molecular complexity index is 389. The van der Waals surface area contributed by atoms with Crippen LogP contribution in [-0.4, -0.2) is 29.2 Å². The SMILES string of the molecule is COc1nc(OC2CCCC(N)C2)ncc1Br. The third-order valence-electron chi connectivity index (χ3n) is 2.82. The number of halogens is 1. The first-order chi connectivity index (χ1) is 8.19. The first-order valence-electron chi connectivity index (χ1n) is 5.68. The largest absolute Gasteiger partial charge is 0.480 e. The highest BCUT2D eigenvalue weighted by Crippen LogP contribution is 2.25. The molecule has 1 aliphatic carbocycles. The molecule has 94 valence electrons. The molecular weight excluding hydrogens is 286 g/mol. The zero-order valence-corrected chi connectivity index (χ0v) is 11.3. The van der Waals surface area contributed by atoms with Gasteiger partial charge in [-0.3, -0.25) is 0 Å². The third kappa shape index (κ3) is 3.29. The number of hydrogen-bond donors (Lipinski definition) is 1. The fraction of sp³-hybridized carbons (Fsp3) is 0.636. The predicted molar refractivity (Wildman–Crippen MR) is 67.1 cm³/mol. The molecule has 2 N–H and O–H groups in total. The molecule has 1 heterocycles. The summed E-state index contributed by atoms with van der Waals surface area (Å²) >= 11 is 3.30. The molecule has 2 atom stereocenters. The van der Waals surface area contributed by atoms with E-state index < -0.39 is 0 Å². The minimum absolute atomic E-state index is 0.115. The van der Waals surface area contributed by atoms with E-state index in [0.29, 0.717) is 16.4 Å². The predicted octanol–water partition coefficient (Wildman–Crippen LogP) is 1.90. The lowest BCUT2D eigenvalue weighted by Crippen LogP contribution is -2.34. The van der Waals surface area contributed by atoms with Crippen LogP contribution in [-0.2, 0) is 0 Å². The number of nitrogens with two attached hydrogens (primary N) is 1. The van der Waals surface area contributed by atoms with Crippen molar-refractivity contribution in [3.05, 3.63) is 10.7 Å². The Hall–Kier alpha value is -0.880. The van der Waals surface area contributed by atoms with Crippen molar-refractivity contribution in [3.8, 4) is 11.9 Å². The molecule has 2 rings (SSSR count). The molecule has 0 aliphatic heterocycles. The Morgan fingerprint density at radius 3 is 3.00 bits per heavy atom. The number of methoxy groups -OCH3 is 1.